The molecule has 0 atom stereocenters. The molecule has 3 heterocycles. The molecule has 1 aromatic carbocycles. The Morgan fingerprint density at radius 1 is 1.06 bits per heavy atom. The standard InChI is InChI=1S/C24H24N6O3/c1-16-20(23(31)26-12-9-17-6-4-5-11-25-17)15-28-30(16)24-27-13-10-21(29-24)19-14-18(32-2)7-8-22(19)33-3/h4-8,10-11,13-15H,9,12H2,1-3H3,(H,26,31). The van der Waals surface area contributed by atoms with Crippen LogP contribution >= 0.6 is 0 Å². The van der Waals surface area contributed by atoms with E-state index >= 15 is 0 Å². The number of benzene rings is 1. The zero-order valence-electron chi connectivity index (χ0n) is 18.6. The maximum Gasteiger partial charge on any atom is 0.254 e. The monoisotopic (exact) mass is 444 g/mol. The number of methoxy groups -OCH3 is 2. The third kappa shape index (κ3) is 4.82. The Morgan fingerprint density at radius 2 is 1.94 bits per heavy atom. The fourth-order valence-electron chi connectivity index (χ4n) is 3.39. The summed E-state index contributed by atoms with van der Waals surface area (Å²) in [5.74, 6) is 1.49. The predicted octanol–water partition coefficient (Wildman–Crippen LogP) is 3.02. The number of pyridine rings is 1. The molecule has 4 aromatic rings. The van der Waals surface area contributed by atoms with Crippen molar-refractivity contribution in [2.24, 2.45) is 0 Å². The van der Waals surface area contributed by atoms with Crippen LogP contribution in [0.2, 0.25) is 0 Å². The summed E-state index contributed by atoms with van der Waals surface area (Å²) < 4.78 is 12.4. The van der Waals surface area contributed by atoms with Crippen molar-refractivity contribution in [3.05, 3.63) is 78.0 Å². The van der Waals surface area contributed by atoms with Gasteiger partial charge in [0, 0.05) is 36.6 Å². The molecule has 0 saturated carbocycles. The molecule has 1 amide bonds. The lowest BCUT2D eigenvalue weighted by Crippen LogP contribution is -2.26. The van der Waals surface area contributed by atoms with Gasteiger partial charge in [0.05, 0.1) is 37.4 Å². The Morgan fingerprint density at radius 3 is 2.70 bits per heavy atom. The number of hydrogen-bond acceptors (Lipinski definition) is 7. The third-order valence-electron chi connectivity index (χ3n) is 5.16. The number of aromatic nitrogens is 5. The van der Waals surface area contributed by atoms with E-state index in [1.54, 1.807) is 37.4 Å². The third-order valence-corrected chi connectivity index (χ3v) is 5.16. The quantitative estimate of drug-likeness (QED) is 0.445. The molecule has 9 nitrogen and oxygen atoms in total. The van der Waals surface area contributed by atoms with Crippen molar-refractivity contribution < 1.29 is 14.3 Å². The van der Waals surface area contributed by atoms with Gasteiger partial charge < -0.3 is 14.8 Å². The summed E-state index contributed by atoms with van der Waals surface area (Å²) in [4.78, 5) is 25.9. The average Bonchev–Trinajstić information content (AvgIpc) is 3.25. The van der Waals surface area contributed by atoms with Gasteiger partial charge in [-0.1, -0.05) is 6.07 Å². The minimum Gasteiger partial charge on any atom is -0.497 e. The SMILES string of the molecule is COc1ccc(OC)c(-c2ccnc(-n3ncc(C(=O)NCCc4ccccn4)c3C)n2)c1. The minimum absolute atomic E-state index is 0.208. The van der Waals surface area contributed by atoms with E-state index in [1.165, 1.54) is 6.20 Å². The molecule has 3 aromatic heterocycles. The van der Waals surface area contributed by atoms with E-state index in [9.17, 15) is 4.79 Å². The predicted molar refractivity (Wildman–Crippen MR) is 123 cm³/mol. The van der Waals surface area contributed by atoms with Crippen LogP contribution in [0, 0.1) is 6.92 Å². The van der Waals surface area contributed by atoms with Gasteiger partial charge in [0.2, 0.25) is 0 Å². The van der Waals surface area contributed by atoms with Crippen LogP contribution in [0.5, 0.6) is 11.5 Å². The van der Waals surface area contributed by atoms with Crippen molar-refractivity contribution in [3.8, 4) is 28.7 Å². The molecule has 0 aliphatic heterocycles. The number of hydrogen-bond donors (Lipinski definition) is 1. The molecule has 33 heavy (non-hydrogen) atoms. The van der Waals surface area contributed by atoms with Gasteiger partial charge in [-0.2, -0.15) is 5.10 Å². The zero-order valence-corrected chi connectivity index (χ0v) is 18.6. The molecule has 9 heteroatoms. The van der Waals surface area contributed by atoms with E-state index < -0.39 is 0 Å². The summed E-state index contributed by atoms with van der Waals surface area (Å²) in [6, 6.07) is 13.0. The van der Waals surface area contributed by atoms with Gasteiger partial charge in [-0.3, -0.25) is 9.78 Å². The van der Waals surface area contributed by atoms with Crippen molar-refractivity contribution >= 4 is 5.91 Å². The zero-order chi connectivity index (χ0) is 23.2. The van der Waals surface area contributed by atoms with Gasteiger partial charge in [-0.05, 0) is 43.3 Å². The average molecular weight is 444 g/mol. The minimum atomic E-state index is -0.208. The van der Waals surface area contributed by atoms with Crippen molar-refractivity contribution in [2.75, 3.05) is 20.8 Å². The lowest BCUT2D eigenvalue weighted by molar-refractivity contribution is 0.0953. The van der Waals surface area contributed by atoms with Gasteiger partial charge in [0.1, 0.15) is 11.5 Å². The van der Waals surface area contributed by atoms with Crippen LogP contribution in [0.4, 0.5) is 0 Å². The van der Waals surface area contributed by atoms with E-state index in [4.69, 9.17) is 9.47 Å². The van der Waals surface area contributed by atoms with E-state index in [1.807, 2.05) is 43.3 Å². The van der Waals surface area contributed by atoms with Gasteiger partial charge >= 0.3 is 0 Å². The number of nitrogens with zero attached hydrogens (tertiary/aromatic N) is 5. The van der Waals surface area contributed by atoms with Gasteiger partial charge in [-0.15, -0.1) is 0 Å². The van der Waals surface area contributed by atoms with Crippen LogP contribution < -0.4 is 14.8 Å². The smallest absolute Gasteiger partial charge is 0.254 e. The molecule has 0 aliphatic carbocycles. The highest BCUT2D eigenvalue weighted by molar-refractivity contribution is 5.95. The Bertz CT molecular complexity index is 1260. The first kappa shape index (κ1) is 21.9. The molecule has 0 saturated heterocycles. The number of amides is 1. The van der Waals surface area contributed by atoms with E-state index in [-0.39, 0.29) is 5.91 Å². The van der Waals surface area contributed by atoms with Crippen molar-refractivity contribution in [2.45, 2.75) is 13.3 Å². The second-order valence-corrected chi connectivity index (χ2v) is 7.19. The molecule has 0 spiro atoms. The molecule has 168 valence electrons. The van der Waals surface area contributed by atoms with Crippen LogP contribution in [0.1, 0.15) is 21.7 Å². The van der Waals surface area contributed by atoms with E-state index in [0.29, 0.717) is 47.4 Å². The molecular formula is C24H24N6O3. The summed E-state index contributed by atoms with van der Waals surface area (Å²) in [6.45, 7) is 2.28. The second kappa shape index (κ2) is 9.90. The number of ether oxygens (including phenoxy) is 2. The van der Waals surface area contributed by atoms with E-state index in [2.05, 4.69) is 25.4 Å². The fraction of sp³-hybridized carbons (Fsp3) is 0.208. The van der Waals surface area contributed by atoms with Gasteiger partial charge in [0.15, 0.2) is 0 Å². The summed E-state index contributed by atoms with van der Waals surface area (Å²) in [5, 5.41) is 7.26. The maximum absolute atomic E-state index is 12.7. The first-order valence-corrected chi connectivity index (χ1v) is 10.4. The normalized spacial score (nSPS) is 10.6. The second-order valence-electron chi connectivity index (χ2n) is 7.19. The summed E-state index contributed by atoms with van der Waals surface area (Å²) >= 11 is 0. The first-order chi connectivity index (χ1) is 16.1. The summed E-state index contributed by atoms with van der Waals surface area (Å²) in [6.07, 6.45) is 5.55. The highest BCUT2D eigenvalue weighted by Gasteiger charge is 2.17. The van der Waals surface area contributed by atoms with E-state index in [0.717, 1.165) is 11.3 Å². The molecule has 0 unspecified atom stereocenters. The lowest BCUT2D eigenvalue weighted by Gasteiger charge is -2.11. The summed E-state index contributed by atoms with van der Waals surface area (Å²) in [5.41, 5.74) is 3.43. The van der Waals surface area contributed by atoms with Crippen LogP contribution in [0.25, 0.3) is 17.2 Å². The van der Waals surface area contributed by atoms with Crippen molar-refractivity contribution in [1.82, 2.24) is 30.0 Å². The largest absolute Gasteiger partial charge is 0.497 e. The number of rotatable bonds is 8. The molecule has 0 radical (unpaired) electrons. The first-order valence-electron chi connectivity index (χ1n) is 10.4. The van der Waals surface area contributed by atoms with Crippen LogP contribution in [-0.4, -0.2) is 51.4 Å². The summed E-state index contributed by atoms with van der Waals surface area (Å²) in [7, 11) is 3.21. The van der Waals surface area contributed by atoms with Gasteiger partial charge in [0.25, 0.3) is 11.9 Å². The van der Waals surface area contributed by atoms with Crippen molar-refractivity contribution in [3.63, 3.8) is 0 Å². The highest BCUT2D eigenvalue weighted by Crippen LogP contribution is 2.32. The number of carbonyl (C=O) groups is 1. The highest BCUT2D eigenvalue weighted by atomic mass is 16.5. The Balaban J connectivity index is 1.55. The molecule has 0 aliphatic rings. The Labute approximate surface area is 191 Å². The molecule has 0 bridgehead atoms. The molecule has 1 N–H and O–H groups in total. The number of carbonyl (C=O) groups excluding carboxylic acids is 1. The van der Waals surface area contributed by atoms with Crippen LogP contribution in [0.3, 0.4) is 0 Å². The fourth-order valence-corrected chi connectivity index (χ4v) is 3.39. The number of nitrogens with one attached hydrogen (secondary N) is 1. The van der Waals surface area contributed by atoms with Crippen LogP contribution in [0.15, 0.2) is 61.1 Å². The molecule has 4 rings (SSSR count). The van der Waals surface area contributed by atoms with Crippen LogP contribution in [-0.2, 0) is 6.42 Å². The van der Waals surface area contributed by atoms with Gasteiger partial charge in [-0.25, -0.2) is 14.6 Å². The maximum atomic E-state index is 12.7. The lowest BCUT2D eigenvalue weighted by atomic mass is 10.1. The van der Waals surface area contributed by atoms with Crippen molar-refractivity contribution in [1.29, 1.82) is 0 Å². The Hall–Kier alpha value is -4.27. The molecule has 0 fully saturated rings. The Kier molecular flexibility index (Phi) is 6.58. The molecular weight excluding hydrogens is 420 g/mol. The topological polar surface area (TPSA) is 104 Å².